The summed E-state index contributed by atoms with van der Waals surface area (Å²) in [5.74, 6) is 0. The SMILES string of the molecule is OCCO.c1ccc(-c2ccccc2)cc1.c1ccc(COCc2ccccc2)cc1. The smallest absolute Gasteiger partial charge is 0.0721 e. The molecular weight excluding hydrogens is 384 g/mol. The van der Waals surface area contributed by atoms with Crippen LogP contribution in [-0.4, -0.2) is 23.4 Å². The molecule has 0 aromatic heterocycles. The summed E-state index contributed by atoms with van der Waals surface area (Å²) in [6.45, 7) is 1.10. The van der Waals surface area contributed by atoms with Gasteiger partial charge in [-0.05, 0) is 22.3 Å². The topological polar surface area (TPSA) is 49.7 Å². The second kappa shape index (κ2) is 15.6. The van der Waals surface area contributed by atoms with Crippen LogP contribution in [0.15, 0.2) is 121 Å². The van der Waals surface area contributed by atoms with Gasteiger partial charge in [0.05, 0.1) is 26.4 Å². The number of ether oxygens (including phenoxy) is 1. The average molecular weight is 415 g/mol. The van der Waals surface area contributed by atoms with Crippen LogP contribution in [0.25, 0.3) is 11.1 Å². The van der Waals surface area contributed by atoms with Crippen molar-refractivity contribution in [3.05, 3.63) is 132 Å². The molecule has 4 aromatic rings. The minimum absolute atomic E-state index is 0.125. The van der Waals surface area contributed by atoms with E-state index in [4.69, 9.17) is 14.9 Å². The van der Waals surface area contributed by atoms with Gasteiger partial charge in [-0.15, -0.1) is 0 Å². The van der Waals surface area contributed by atoms with Crippen LogP contribution in [0.5, 0.6) is 0 Å². The van der Waals surface area contributed by atoms with Gasteiger partial charge in [-0.25, -0.2) is 0 Å². The Morgan fingerprint density at radius 1 is 0.419 bits per heavy atom. The van der Waals surface area contributed by atoms with Crippen molar-refractivity contribution in [1.29, 1.82) is 0 Å². The van der Waals surface area contributed by atoms with Gasteiger partial charge in [0.15, 0.2) is 0 Å². The van der Waals surface area contributed by atoms with Gasteiger partial charge in [0, 0.05) is 0 Å². The van der Waals surface area contributed by atoms with E-state index in [1.807, 2.05) is 48.5 Å². The quantitative estimate of drug-likeness (QED) is 0.424. The highest BCUT2D eigenvalue weighted by Crippen LogP contribution is 2.17. The molecular formula is C28H30O3. The standard InChI is InChI=1S/C14H14O.C12H10.C2H6O2/c1-3-7-13(8-4-1)11-15-12-14-9-5-2-6-10-14;1-3-7-11(8-4-1)12-9-5-2-6-10-12;3-1-2-4/h1-10H,11-12H2;1-10H;3-4H,1-2H2. The molecule has 0 aliphatic carbocycles. The van der Waals surface area contributed by atoms with Crippen molar-refractivity contribution in [2.75, 3.05) is 13.2 Å². The molecule has 0 amide bonds. The number of hydrogen-bond donors (Lipinski definition) is 2. The van der Waals surface area contributed by atoms with Crippen molar-refractivity contribution < 1.29 is 14.9 Å². The predicted molar refractivity (Wildman–Crippen MR) is 127 cm³/mol. The van der Waals surface area contributed by atoms with Crippen LogP contribution in [0.4, 0.5) is 0 Å². The summed E-state index contributed by atoms with van der Waals surface area (Å²) in [5.41, 5.74) is 4.98. The van der Waals surface area contributed by atoms with Crippen LogP contribution in [0.1, 0.15) is 11.1 Å². The van der Waals surface area contributed by atoms with Crippen LogP contribution in [0, 0.1) is 0 Å². The molecule has 0 aliphatic rings. The summed E-state index contributed by atoms with van der Waals surface area (Å²) in [7, 11) is 0. The molecule has 0 saturated carbocycles. The number of benzene rings is 4. The lowest BCUT2D eigenvalue weighted by Gasteiger charge is -2.03. The lowest BCUT2D eigenvalue weighted by molar-refractivity contribution is 0.107. The third-order valence-electron chi connectivity index (χ3n) is 4.20. The van der Waals surface area contributed by atoms with Crippen molar-refractivity contribution in [2.24, 2.45) is 0 Å². The van der Waals surface area contributed by atoms with Crippen LogP contribution in [-0.2, 0) is 18.0 Å². The molecule has 3 heteroatoms. The predicted octanol–water partition coefficient (Wildman–Crippen LogP) is 5.73. The minimum Gasteiger partial charge on any atom is -0.394 e. The van der Waals surface area contributed by atoms with Gasteiger partial charge in [-0.2, -0.15) is 0 Å². The first-order valence-corrected chi connectivity index (χ1v) is 10.3. The number of hydrogen-bond acceptors (Lipinski definition) is 3. The van der Waals surface area contributed by atoms with Crippen molar-refractivity contribution in [2.45, 2.75) is 13.2 Å². The normalized spacial score (nSPS) is 9.61. The highest BCUT2D eigenvalue weighted by atomic mass is 16.5. The molecule has 4 aromatic carbocycles. The first-order valence-electron chi connectivity index (χ1n) is 10.3. The second-order valence-corrected chi connectivity index (χ2v) is 6.64. The molecule has 160 valence electrons. The average Bonchev–Trinajstić information content (AvgIpc) is 2.87. The van der Waals surface area contributed by atoms with Crippen molar-refractivity contribution in [3.63, 3.8) is 0 Å². The second-order valence-electron chi connectivity index (χ2n) is 6.64. The van der Waals surface area contributed by atoms with Crippen LogP contribution in [0.2, 0.25) is 0 Å². The largest absolute Gasteiger partial charge is 0.394 e. The molecule has 0 atom stereocenters. The van der Waals surface area contributed by atoms with Crippen LogP contribution < -0.4 is 0 Å². The molecule has 31 heavy (non-hydrogen) atoms. The zero-order valence-electron chi connectivity index (χ0n) is 17.7. The van der Waals surface area contributed by atoms with Gasteiger partial charge in [0.25, 0.3) is 0 Å². The van der Waals surface area contributed by atoms with E-state index in [0.29, 0.717) is 13.2 Å². The summed E-state index contributed by atoms with van der Waals surface area (Å²) >= 11 is 0. The van der Waals surface area contributed by atoms with Gasteiger partial charge in [-0.3, -0.25) is 0 Å². The number of aliphatic hydroxyl groups excluding tert-OH is 2. The fourth-order valence-corrected chi connectivity index (χ4v) is 2.70. The third-order valence-corrected chi connectivity index (χ3v) is 4.20. The summed E-state index contributed by atoms with van der Waals surface area (Å²) in [5, 5.41) is 15.2. The molecule has 4 rings (SSSR count). The van der Waals surface area contributed by atoms with Gasteiger partial charge in [0.1, 0.15) is 0 Å². The first kappa shape index (κ1) is 24.0. The van der Waals surface area contributed by atoms with E-state index in [0.717, 1.165) is 0 Å². The fraction of sp³-hybridized carbons (Fsp3) is 0.143. The molecule has 2 N–H and O–H groups in total. The van der Waals surface area contributed by atoms with Crippen LogP contribution in [0.3, 0.4) is 0 Å². The van der Waals surface area contributed by atoms with E-state index in [9.17, 15) is 0 Å². The Bertz CT molecular complexity index is 832. The molecule has 0 spiro atoms. The zero-order valence-corrected chi connectivity index (χ0v) is 17.7. The van der Waals surface area contributed by atoms with Crippen molar-refractivity contribution in [3.8, 4) is 11.1 Å². The summed E-state index contributed by atoms with van der Waals surface area (Å²) in [6.07, 6.45) is 0. The Balaban J connectivity index is 0.000000192. The molecule has 0 saturated heterocycles. The Hall–Kier alpha value is -3.24. The van der Waals surface area contributed by atoms with E-state index in [1.165, 1.54) is 22.3 Å². The van der Waals surface area contributed by atoms with E-state index in [-0.39, 0.29) is 13.2 Å². The summed E-state index contributed by atoms with van der Waals surface area (Å²) in [6, 6.07) is 41.2. The molecule has 0 heterocycles. The lowest BCUT2D eigenvalue weighted by Crippen LogP contribution is -1.93. The minimum atomic E-state index is -0.125. The number of rotatable bonds is 6. The molecule has 0 radical (unpaired) electrons. The molecule has 0 aliphatic heterocycles. The van der Waals surface area contributed by atoms with Gasteiger partial charge >= 0.3 is 0 Å². The van der Waals surface area contributed by atoms with Crippen molar-refractivity contribution in [1.82, 2.24) is 0 Å². The maximum absolute atomic E-state index is 7.62. The van der Waals surface area contributed by atoms with E-state index in [1.54, 1.807) is 0 Å². The van der Waals surface area contributed by atoms with Gasteiger partial charge < -0.3 is 14.9 Å². The van der Waals surface area contributed by atoms with Crippen molar-refractivity contribution >= 4 is 0 Å². The maximum Gasteiger partial charge on any atom is 0.0721 e. The molecule has 0 bridgehead atoms. The zero-order chi connectivity index (χ0) is 22.0. The monoisotopic (exact) mass is 414 g/mol. The van der Waals surface area contributed by atoms with E-state index in [2.05, 4.69) is 72.8 Å². The molecule has 0 fully saturated rings. The Labute approximate surface area is 185 Å². The Morgan fingerprint density at radius 3 is 1.00 bits per heavy atom. The summed E-state index contributed by atoms with van der Waals surface area (Å²) in [4.78, 5) is 0. The highest BCUT2D eigenvalue weighted by molar-refractivity contribution is 5.62. The molecule has 0 unspecified atom stereocenters. The summed E-state index contributed by atoms with van der Waals surface area (Å²) < 4.78 is 5.61. The van der Waals surface area contributed by atoms with Gasteiger partial charge in [0.2, 0.25) is 0 Å². The lowest BCUT2D eigenvalue weighted by atomic mass is 10.1. The van der Waals surface area contributed by atoms with Gasteiger partial charge in [-0.1, -0.05) is 121 Å². The van der Waals surface area contributed by atoms with E-state index < -0.39 is 0 Å². The highest BCUT2D eigenvalue weighted by Gasteiger charge is 1.93. The third kappa shape index (κ3) is 10.4. The first-order chi connectivity index (χ1) is 15.3. The maximum atomic E-state index is 7.62. The Morgan fingerprint density at radius 2 is 0.710 bits per heavy atom. The fourth-order valence-electron chi connectivity index (χ4n) is 2.70. The van der Waals surface area contributed by atoms with E-state index >= 15 is 0 Å². The molecule has 3 nitrogen and oxygen atoms in total. The van der Waals surface area contributed by atoms with Crippen LogP contribution >= 0.6 is 0 Å². The number of aliphatic hydroxyl groups is 2. The Kier molecular flexibility index (Phi) is 12.1.